The summed E-state index contributed by atoms with van der Waals surface area (Å²) in [7, 11) is 0. The van der Waals surface area contributed by atoms with E-state index in [4.69, 9.17) is 5.73 Å². The number of nitrogens with one attached hydrogen (secondary N) is 1. The summed E-state index contributed by atoms with van der Waals surface area (Å²) < 4.78 is 1.02. The Morgan fingerprint density at radius 1 is 1.39 bits per heavy atom. The van der Waals surface area contributed by atoms with Gasteiger partial charge in [0.2, 0.25) is 5.91 Å². The van der Waals surface area contributed by atoms with Crippen molar-refractivity contribution in [2.75, 3.05) is 5.32 Å². The summed E-state index contributed by atoms with van der Waals surface area (Å²) in [6, 6.07) is 7.82. The third kappa shape index (κ3) is 2.53. The van der Waals surface area contributed by atoms with Crippen LogP contribution in [-0.4, -0.2) is 11.4 Å². The van der Waals surface area contributed by atoms with E-state index in [1.54, 1.807) is 0 Å². The van der Waals surface area contributed by atoms with E-state index in [1.165, 1.54) is 0 Å². The Bertz CT molecular complexity index is 436. The molecule has 0 spiro atoms. The molecule has 1 aliphatic carbocycles. The van der Waals surface area contributed by atoms with E-state index in [0.29, 0.717) is 11.8 Å². The topological polar surface area (TPSA) is 55.1 Å². The van der Waals surface area contributed by atoms with Gasteiger partial charge in [-0.1, -0.05) is 29.8 Å². The molecule has 3 nitrogen and oxygen atoms in total. The van der Waals surface area contributed by atoms with Crippen LogP contribution in [0.25, 0.3) is 0 Å². The number of hydrogen-bond donors (Lipinski definition) is 2. The second kappa shape index (κ2) is 4.92. The van der Waals surface area contributed by atoms with Gasteiger partial charge in [-0.15, -0.1) is 0 Å². The lowest BCUT2D eigenvalue weighted by Crippen LogP contribution is -2.60. The molecule has 98 valence electrons. The number of amides is 1. The molecule has 0 atom stereocenters. The number of benzene rings is 1. The number of primary amides is 1. The van der Waals surface area contributed by atoms with Gasteiger partial charge in [-0.2, -0.15) is 0 Å². The zero-order chi connectivity index (χ0) is 13.3. The van der Waals surface area contributed by atoms with Crippen LogP contribution in [-0.2, 0) is 4.79 Å². The number of rotatable bonds is 4. The summed E-state index contributed by atoms with van der Waals surface area (Å²) in [5.74, 6) is 0.937. The van der Waals surface area contributed by atoms with Crippen molar-refractivity contribution < 1.29 is 4.79 Å². The van der Waals surface area contributed by atoms with Crippen LogP contribution in [0, 0.1) is 11.8 Å². The van der Waals surface area contributed by atoms with Crippen LogP contribution in [0.5, 0.6) is 0 Å². The first-order valence-electron chi connectivity index (χ1n) is 6.26. The van der Waals surface area contributed by atoms with Crippen LogP contribution in [0.3, 0.4) is 0 Å². The zero-order valence-corrected chi connectivity index (χ0v) is 12.3. The highest BCUT2D eigenvalue weighted by Crippen LogP contribution is 2.44. The van der Waals surface area contributed by atoms with Gasteiger partial charge in [0, 0.05) is 10.2 Å². The SMILES string of the molecule is CC(C)C1CC(Nc2ccc(Br)cc2)(C(N)=O)C1. The van der Waals surface area contributed by atoms with Crippen molar-refractivity contribution in [3.05, 3.63) is 28.7 Å². The van der Waals surface area contributed by atoms with Gasteiger partial charge in [0.15, 0.2) is 0 Å². The molecule has 1 saturated carbocycles. The molecule has 0 unspecified atom stereocenters. The first-order valence-corrected chi connectivity index (χ1v) is 7.06. The van der Waals surface area contributed by atoms with Crippen molar-refractivity contribution in [3.63, 3.8) is 0 Å². The fourth-order valence-corrected chi connectivity index (χ4v) is 2.75. The standard InChI is InChI=1S/C14H19BrN2O/c1-9(2)10-7-14(8-10,13(16)18)17-12-5-3-11(15)4-6-12/h3-6,9-10,17H,7-8H2,1-2H3,(H2,16,18). The van der Waals surface area contributed by atoms with Gasteiger partial charge < -0.3 is 11.1 Å². The van der Waals surface area contributed by atoms with Gasteiger partial charge >= 0.3 is 0 Å². The maximum Gasteiger partial charge on any atom is 0.243 e. The van der Waals surface area contributed by atoms with Crippen molar-refractivity contribution in [1.29, 1.82) is 0 Å². The van der Waals surface area contributed by atoms with Gasteiger partial charge in [-0.05, 0) is 48.9 Å². The molecule has 1 aliphatic rings. The monoisotopic (exact) mass is 310 g/mol. The van der Waals surface area contributed by atoms with E-state index in [0.717, 1.165) is 23.0 Å². The summed E-state index contributed by atoms with van der Waals surface area (Å²) in [5, 5.41) is 3.31. The highest BCUT2D eigenvalue weighted by molar-refractivity contribution is 9.10. The van der Waals surface area contributed by atoms with Crippen LogP contribution < -0.4 is 11.1 Å². The number of carbonyl (C=O) groups is 1. The lowest BCUT2D eigenvalue weighted by molar-refractivity contribution is -0.127. The van der Waals surface area contributed by atoms with E-state index in [2.05, 4.69) is 35.1 Å². The molecule has 1 aromatic rings. The largest absolute Gasteiger partial charge is 0.371 e. The molecule has 1 fully saturated rings. The van der Waals surface area contributed by atoms with E-state index >= 15 is 0 Å². The van der Waals surface area contributed by atoms with Crippen molar-refractivity contribution in [3.8, 4) is 0 Å². The zero-order valence-electron chi connectivity index (χ0n) is 10.7. The van der Waals surface area contributed by atoms with Crippen LogP contribution in [0.2, 0.25) is 0 Å². The van der Waals surface area contributed by atoms with E-state index in [9.17, 15) is 4.79 Å². The lowest BCUT2D eigenvalue weighted by atomic mass is 9.63. The first-order chi connectivity index (χ1) is 8.43. The summed E-state index contributed by atoms with van der Waals surface area (Å²) in [5.41, 5.74) is 5.95. The molecule has 0 aliphatic heterocycles. The smallest absolute Gasteiger partial charge is 0.243 e. The van der Waals surface area contributed by atoms with Crippen molar-refractivity contribution in [1.82, 2.24) is 0 Å². The van der Waals surface area contributed by atoms with Crippen LogP contribution in [0.1, 0.15) is 26.7 Å². The average molecular weight is 311 g/mol. The van der Waals surface area contributed by atoms with Crippen molar-refractivity contribution in [2.24, 2.45) is 17.6 Å². The Kier molecular flexibility index (Phi) is 3.66. The normalized spacial score (nSPS) is 26.8. The van der Waals surface area contributed by atoms with Gasteiger partial charge in [-0.3, -0.25) is 4.79 Å². The average Bonchev–Trinajstić information content (AvgIpc) is 2.24. The number of anilines is 1. The van der Waals surface area contributed by atoms with E-state index < -0.39 is 5.54 Å². The molecule has 2 rings (SSSR count). The van der Waals surface area contributed by atoms with Gasteiger partial charge in [0.1, 0.15) is 5.54 Å². The highest BCUT2D eigenvalue weighted by Gasteiger charge is 2.49. The molecule has 1 amide bonds. The molecule has 3 N–H and O–H groups in total. The number of halogens is 1. The van der Waals surface area contributed by atoms with Crippen LogP contribution in [0.4, 0.5) is 5.69 Å². The summed E-state index contributed by atoms with van der Waals surface area (Å²) >= 11 is 3.39. The predicted molar refractivity (Wildman–Crippen MR) is 77.3 cm³/mol. The number of hydrogen-bond acceptors (Lipinski definition) is 2. The third-order valence-electron chi connectivity index (χ3n) is 3.86. The van der Waals surface area contributed by atoms with Crippen LogP contribution in [0.15, 0.2) is 28.7 Å². The van der Waals surface area contributed by atoms with Crippen molar-refractivity contribution >= 4 is 27.5 Å². The van der Waals surface area contributed by atoms with E-state index in [1.807, 2.05) is 24.3 Å². The molecule has 18 heavy (non-hydrogen) atoms. The van der Waals surface area contributed by atoms with Gasteiger partial charge in [-0.25, -0.2) is 0 Å². The molecule has 0 radical (unpaired) electrons. The third-order valence-corrected chi connectivity index (χ3v) is 4.39. The molecule has 0 bridgehead atoms. The Morgan fingerprint density at radius 3 is 2.39 bits per heavy atom. The second-order valence-electron chi connectivity index (χ2n) is 5.49. The molecule has 4 heteroatoms. The molecular formula is C14H19BrN2O. The van der Waals surface area contributed by atoms with Gasteiger partial charge in [0.05, 0.1) is 0 Å². The minimum Gasteiger partial charge on any atom is -0.371 e. The van der Waals surface area contributed by atoms with Crippen molar-refractivity contribution in [2.45, 2.75) is 32.2 Å². The highest BCUT2D eigenvalue weighted by atomic mass is 79.9. The molecule has 1 aromatic carbocycles. The maximum absolute atomic E-state index is 11.7. The molecule has 0 saturated heterocycles. The minimum absolute atomic E-state index is 0.248. The Balaban J connectivity index is 2.09. The molecular weight excluding hydrogens is 292 g/mol. The number of carbonyl (C=O) groups excluding carboxylic acids is 1. The fourth-order valence-electron chi connectivity index (χ4n) is 2.48. The summed E-state index contributed by atoms with van der Waals surface area (Å²) in [6.07, 6.45) is 1.66. The van der Waals surface area contributed by atoms with Gasteiger partial charge in [0.25, 0.3) is 0 Å². The predicted octanol–water partition coefficient (Wildman–Crippen LogP) is 3.15. The first kappa shape index (κ1) is 13.4. The summed E-state index contributed by atoms with van der Waals surface area (Å²) in [6.45, 7) is 4.38. The molecule has 0 heterocycles. The number of nitrogens with two attached hydrogens (primary N) is 1. The maximum atomic E-state index is 11.7. The van der Waals surface area contributed by atoms with Crippen LogP contribution >= 0.6 is 15.9 Å². The summed E-state index contributed by atoms with van der Waals surface area (Å²) in [4.78, 5) is 11.7. The van der Waals surface area contributed by atoms with E-state index in [-0.39, 0.29) is 5.91 Å². The Hall–Kier alpha value is -1.03. The Morgan fingerprint density at radius 2 is 1.94 bits per heavy atom. The fraction of sp³-hybridized carbons (Fsp3) is 0.500. The Labute approximate surface area is 116 Å². The molecule has 0 aromatic heterocycles. The lowest BCUT2D eigenvalue weighted by Gasteiger charge is -2.48. The second-order valence-corrected chi connectivity index (χ2v) is 6.41. The quantitative estimate of drug-likeness (QED) is 0.897. The minimum atomic E-state index is -0.553.